The number of phenolic OH excluding ortho intramolecular Hbond substituents is 1. The quantitative estimate of drug-likeness (QED) is 0.853. The molecule has 2 aromatic rings. The van der Waals surface area contributed by atoms with Gasteiger partial charge in [0.15, 0.2) is 5.82 Å². The van der Waals surface area contributed by atoms with Crippen molar-refractivity contribution in [1.82, 2.24) is 15.1 Å². The molecule has 27 heavy (non-hydrogen) atoms. The fourth-order valence-electron chi connectivity index (χ4n) is 4.20. The zero-order valence-electron chi connectivity index (χ0n) is 14.9. The zero-order chi connectivity index (χ0) is 19.1. The van der Waals surface area contributed by atoms with Crippen molar-refractivity contribution in [1.29, 1.82) is 0 Å². The van der Waals surface area contributed by atoms with Crippen molar-refractivity contribution >= 4 is 17.4 Å². The summed E-state index contributed by atoms with van der Waals surface area (Å²) in [5.41, 5.74) is -0.0462. The van der Waals surface area contributed by atoms with Crippen LogP contribution in [-0.2, 0) is 0 Å². The Morgan fingerprint density at radius 2 is 1.96 bits per heavy atom. The predicted molar refractivity (Wildman–Crippen MR) is 100 cm³/mol. The van der Waals surface area contributed by atoms with Crippen molar-refractivity contribution in [2.45, 2.75) is 25.3 Å². The average Bonchev–Trinajstić information content (AvgIpc) is 3.04. The highest BCUT2D eigenvalue weighted by atomic mass is 35.5. The lowest BCUT2D eigenvalue weighted by molar-refractivity contribution is 0.151. The number of nitrogens with zero attached hydrogens (tertiary/aromatic N) is 4. The number of alkyl halides is 2. The first-order chi connectivity index (χ1) is 12.9. The molecule has 3 heterocycles. The van der Waals surface area contributed by atoms with Crippen LogP contribution in [0, 0.1) is 5.92 Å². The number of piperidine rings is 1. The number of likely N-dealkylation sites (tertiary alicyclic amines) is 1. The maximum Gasteiger partial charge on any atom is 0.266 e. The summed E-state index contributed by atoms with van der Waals surface area (Å²) in [7, 11) is 2.08. The molecule has 0 spiro atoms. The molecule has 5 nitrogen and oxygen atoms in total. The Bertz CT molecular complexity index is 850. The van der Waals surface area contributed by atoms with Gasteiger partial charge in [0.1, 0.15) is 11.4 Å². The minimum atomic E-state index is -2.73. The summed E-state index contributed by atoms with van der Waals surface area (Å²) < 4.78 is 27.6. The smallest absolute Gasteiger partial charge is 0.266 e. The highest BCUT2D eigenvalue weighted by Gasteiger charge is 2.38. The van der Waals surface area contributed by atoms with E-state index in [0.717, 1.165) is 32.5 Å². The molecule has 8 heteroatoms. The molecular weight excluding hydrogens is 374 g/mol. The number of phenols is 1. The van der Waals surface area contributed by atoms with Gasteiger partial charge in [-0.25, -0.2) is 8.78 Å². The monoisotopic (exact) mass is 394 g/mol. The molecule has 2 saturated heterocycles. The molecule has 0 saturated carbocycles. The first-order valence-electron chi connectivity index (χ1n) is 9.04. The van der Waals surface area contributed by atoms with Gasteiger partial charge < -0.3 is 14.9 Å². The summed E-state index contributed by atoms with van der Waals surface area (Å²) in [5, 5.41) is 18.7. The summed E-state index contributed by atoms with van der Waals surface area (Å²) in [5.74, 6) is 0.852. The molecule has 2 aliphatic heterocycles. The van der Waals surface area contributed by atoms with Gasteiger partial charge in [0.05, 0.1) is 0 Å². The summed E-state index contributed by atoms with van der Waals surface area (Å²) >= 11 is 5.84. The largest absolute Gasteiger partial charge is 0.507 e. The Morgan fingerprint density at radius 3 is 2.70 bits per heavy atom. The standard InChI is InChI=1S/C19H21ClF2N4O/c1-25-6-4-11-5-7-26(15(11)10-25)17-9-14(19(21)22)18(24-23-17)13-3-2-12(20)8-16(13)27/h2-3,8-9,11,15,19,27H,4-7,10H2,1H3/t11-,15-/m0/s1. The van der Waals surface area contributed by atoms with Crippen LogP contribution in [0.25, 0.3) is 11.3 Å². The summed E-state index contributed by atoms with van der Waals surface area (Å²) in [6, 6.07) is 6.01. The molecule has 1 aromatic heterocycles. The number of benzene rings is 1. The lowest BCUT2D eigenvalue weighted by Gasteiger charge is -2.37. The molecule has 144 valence electrons. The third-order valence-corrected chi connectivity index (χ3v) is 5.86. The van der Waals surface area contributed by atoms with E-state index in [9.17, 15) is 13.9 Å². The molecule has 2 atom stereocenters. The number of aromatic nitrogens is 2. The molecule has 0 radical (unpaired) electrons. The minimum Gasteiger partial charge on any atom is -0.507 e. The van der Waals surface area contributed by atoms with Gasteiger partial charge in [-0.2, -0.15) is 0 Å². The second-order valence-corrected chi connectivity index (χ2v) is 7.77. The van der Waals surface area contributed by atoms with E-state index in [1.165, 1.54) is 24.3 Å². The Balaban J connectivity index is 1.71. The number of hydrogen-bond acceptors (Lipinski definition) is 5. The highest BCUT2D eigenvalue weighted by molar-refractivity contribution is 6.30. The first kappa shape index (κ1) is 18.4. The van der Waals surface area contributed by atoms with E-state index < -0.39 is 6.43 Å². The molecule has 0 amide bonds. The lowest BCUT2D eigenvalue weighted by Crippen LogP contribution is -2.47. The first-order valence-corrected chi connectivity index (χ1v) is 9.41. The van der Waals surface area contributed by atoms with Gasteiger partial charge in [-0.15, -0.1) is 10.2 Å². The van der Waals surface area contributed by atoms with Gasteiger partial charge in [0.25, 0.3) is 6.43 Å². The number of hydrogen-bond donors (Lipinski definition) is 1. The summed E-state index contributed by atoms with van der Waals surface area (Å²) in [6.07, 6.45) is -0.565. The summed E-state index contributed by atoms with van der Waals surface area (Å²) in [6.45, 7) is 2.76. The van der Waals surface area contributed by atoms with Crippen LogP contribution in [0.1, 0.15) is 24.8 Å². The van der Waals surface area contributed by atoms with E-state index in [0.29, 0.717) is 16.8 Å². The highest BCUT2D eigenvalue weighted by Crippen LogP contribution is 2.39. The minimum absolute atomic E-state index is 0.0144. The van der Waals surface area contributed by atoms with E-state index in [-0.39, 0.29) is 28.6 Å². The van der Waals surface area contributed by atoms with Crippen LogP contribution in [0.3, 0.4) is 0 Å². The third kappa shape index (κ3) is 3.46. The van der Waals surface area contributed by atoms with E-state index >= 15 is 0 Å². The second-order valence-electron chi connectivity index (χ2n) is 7.33. The summed E-state index contributed by atoms with van der Waals surface area (Å²) in [4.78, 5) is 4.37. The van der Waals surface area contributed by atoms with Crippen LogP contribution in [0.5, 0.6) is 5.75 Å². The van der Waals surface area contributed by atoms with Crippen LogP contribution in [0.15, 0.2) is 24.3 Å². The average molecular weight is 395 g/mol. The fraction of sp³-hybridized carbons (Fsp3) is 0.474. The Morgan fingerprint density at radius 1 is 1.19 bits per heavy atom. The van der Waals surface area contributed by atoms with Gasteiger partial charge in [0.2, 0.25) is 0 Å². The third-order valence-electron chi connectivity index (χ3n) is 5.62. The maximum absolute atomic E-state index is 13.8. The van der Waals surface area contributed by atoms with Gasteiger partial charge in [-0.05, 0) is 56.6 Å². The number of halogens is 3. The Hall–Kier alpha value is -1.99. The van der Waals surface area contributed by atoms with Gasteiger partial charge in [-0.3, -0.25) is 0 Å². The van der Waals surface area contributed by atoms with Crippen LogP contribution < -0.4 is 4.90 Å². The number of rotatable bonds is 3. The van der Waals surface area contributed by atoms with Crippen molar-refractivity contribution in [3.05, 3.63) is 34.9 Å². The van der Waals surface area contributed by atoms with Crippen LogP contribution in [-0.4, -0.2) is 52.9 Å². The van der Waals surface area contributed by atoms with Gasteiger partial charge in [0, 0.05) is 35.3 Å². The fourth-order valence-corrected chi connectivity index (χ4v) is 4.37. The molecular formula is C19H21ClF2N4O. The molecule has 0 unspecified atom stereocenters. The van der Waals surface area contributed by atoms with Crippen LogP contribution in [0.4, 0.5) is 14.6 Å². The van der Waals surface area contributed by atoms with Gasteiger partial charge in [-0.1, -0.05) is 11.6 Å². The zero-order valence-corrected chi connectivity index (χ0v) is 15.7. The normalized spacial score (nSPS) is 23.1. The Kier molecular flexibility index (Phi) is 4.90. The maximum atomic E-state index is 13.8. The number of aromatic hydroxyl groups is 1. The molecule has 0 aliphatic carbocycles. The SMILES string of the molecule is CN1CC[C@H]2CCN(c3cc(C(F)F)c(-c4ccc(Cl)cc4O)nn3)[C@H]2C1. The van der Waals surface area contributed by atoms with Gasteiger partial charge >= 0.3 is 0 Å². The lowest BCUT2D eigenvalue weighted by atomic mass is 9.92. The van der Waals surface area contributed by atoms with Crippen LogP contribution in [0.2, 0.25) is 5.02 Å². The van der Waals surface area contributed by atoms with Crippen molar-refractivity contribution in [3.63, 3.8) is 0 Å². The molecule has 2 aliphatic rings. The van der Waals surface area contributed by atoms with E-state index in [2.05, 4.69) is 27.0 Å². The number of fused-ring (bicyclic) bond motifs is 1. The molecule has 0 bridgehead atoms. The van der Waals surface area contributed by atoms with Crippen molar-refractivity contribution in [3.8, 4) is 17.0 Å². The second kappa shape index (κ2) is 7.20. The number of likely N-dealkylation sites (N-methyl/N-ethyl adjacent to an activating group) is 1. The van der Waals surface area contributed by atoms with Crippen molar-refractivity contribution in [2.75, 3.05) is 31.6 Å². The molecule has 4 rings (SSSR count). The predicted octanol–water partition coefficient (Wildman–Crippen LogP) is 3.97. The topological polar surface area (TPSA) is 52.5 Å². The Labute approximate surface area is 161 Å². The molecule has 1 N–H and O–H groups in total. The van der Waals surface area contributed by atoms with Crippen molar-refractivity contribution in [2.24, 2.45) is 5.92 Å². The number of anilines is 1. The molecule has 2 fully saturated rings. The van der Waals surface area contributed by atoms with E-state index in [4.69, 9.17) is 11.6 Å². The van der Waals surface area contributed by atoms with Crippen molar-refractivity contribution < 1.29 is 13.9 Å². The van der Waals surface area contributed by atoms with E-state index in [1.54, 1.807) is 0 Å². The molecule has 1 aromatic carbocycles. The van der Waals surface area contributed by atoms with E-state index in [1.807, 2.05) is 0 Å². The van der Waals surface area contributed by atoms with Crippen LogP contribution >= 0.6 is 11.6 Å².